The van der Waals surface area contributed by atoms with E-state index in [1.165, 1.54) is 66.3 Å². The zero-order valence-electron chi connectivity index (χ0n) is 22.7. The van der Waals surface area contributed by atoms with Gasteiger partial charge < -0.3 is 4.57 Å². The monoisotopic (exact) mass is 513 g/mol. The van der Waals surface area contributed by atoms with Gasteiger partial charge in [-0.3, -0.25) is 0 Å². The van der Waals surface area contributed by atoms with Crippen LogP contribution >= 0.6 is 0 Å². The molecule has 7 rings (SSSR count). The molecule has 6 aromatic carbocycles. The van der Waals surface area contributed by atoms with Crippen molar-refractivity contribution in [2.45, 2.75) is 12.8 Å². The summed E-state index contributed by atoms with van der Waals surface area (Å²) in [5.41, 5.74) is 12.9. The zero-order valence-corrected chi connectivity index (χ0v) is 22.7. The van der Waals surface area contributed by atoms with Gasteiger partial charge in [0.1, 0.15) is 0 Å². The molecule has 0 radical (unpaired) electrons. The fraction of sp³-hybridized carbons (Fsp3) is 0.0769. The Hall–Kier alpha value is -4.88. The van der Waals surface area contributed by atoms with Gasteiger partial charge in [-0.2, -0.15) is 0 Å². The van der Waals surface area contributed by atoms with Crippen LogP contribution in [-0.4, -0.2) is 4.57 Å². The van der Waals surface area contributed by atoms with Crippen LogP contribution in [0.4, 0.5) is 0 Å². The van der Waals surface area contributed by atoms with E-state index in [4.69, 9.17) is 0 Å². The van der Waals surface area contributed by atoms with E-state index in [-0.39, 0.29) is 0 Å². The summed E-state index contributed by atoms with van der Waals surface area (Å²) in [5, 5.41) is 2.60. The molecule has 0 spiro atoms. The van der Waals surface area contributed by atoms with Crippen LogP contribution in [0.25, 0.3) is 44.1 Å². The van der Waals surface area contributed by atoms with Crippen LogP contribution in [0.1, 0.15) is 22.3 Å². The Kier molecular flexibility index (Phi) is 6.26. The topological polar surface area (TPSA) is 4.93 Å². The molecule has 192 valence electrons. The van der Waals surface area contributed by atoms with Crippen molar-refractivity contribution in [1.29, 1.82) is 0 Å². The first kappa shape index (κ1) is 24.2. The van der Waals surface area contributed by atoms with Crippen LogP contribution in [0.3, 0.4) is 0 Å². The summed E-state index contributed by atoms with van der Waals surface area (Å²) in [5.74, 6) is 0. The predicted molar refractivity (Wildman–Crippen MR) is 170 cm³/mol. The molecule has 0 atom stereocenters. The first-order chi connectivity index (χ1) is 19.7. The zero-order chi connectivity index (χ0) is 26.9. The Balaban J connectivity index is 1.17. The Morgan fingerprint density at radius 3 is 1.12 bits per heavy atom. The molecular formula is C39H31N. The maximum atomic E-state index is 2.34. The highest BCUT2D eigenvalue weighted by Crippen LogP contribution is 2.34. The fourth-order valence-electron chi connectivity index (χ4n) is 5.86. The van der Waals surface area contributed by atoms with Crippen molar-refractivity contribution in [3.63, 3.8) is 0 Å². The van der Waals surface area contributed by atoms with Crippen molar-refractivity contribution >= 4 is 21.8 Å². The molecule has 40 heavy (non-hydrogen) atoms. The Morgan fingerprint density at radius 1 is 0.375 bits per heavy atom. The third-order valence-corrected chi connectivity index (χ3v) is 8.09. The molecule has 0 bridgehead atoms. The predicted octanol–water partition coefficient (Wildman–Crippen LogP) is 9.85. The van der Waals surface area contributed by atoms with Gasteiger partial charge in [-0.15, -0.1) is 0 Å². The van der Waals surface area contributed by atoms with E-state index in [9.17, 15) is 0 Å². The Bertz CT molecular complexity index is 1770. The van der Waals surface area contributed by atoms with E-state index < -0.39 is 0 Å². The Morgan fingerprint density at radius 2 is 0.725 bits per heavy atom. The molecule has 1 heteroatoms. The highest BCUT2D eigenvalue weighted by atomic mass is 14.9. The minimum absolute atomic E-state index is 0.960. The lowest BCUT2D eigenvalue weighted by molar-refractivity contribution is 1.01. The molecule has 1 heterocycles. The third kappa shape index (κ3) is 4.72. The van der Waals surface area contributed by atoms with Crippen molar-refractivity contribution in [3.8, 4) is 22.3 Å². The summed E-state index contributed by atoms with van der Waals surface area (Å²) in [6.07, 6.45) is 1.92. The second kappa shape index (κ2) is 10.4. The van der Waals surface area contributed by atoms with Gasteiger partial charge in [0.25, 0.3) is 0 Å². The molecule has 0 unspecified atom stereocenters. The highest BCUT2D eigenvalue weighted by molar-refractivity contribution is 6.10. The van der Waals surface area contributed by atoms with Crippen LogP contribution in [0, 0.1) is 0 Å². The molecule has 0 aliphatic rings. The average Bonchev–Trinajstić information content (AvgIpc) is 3.29. The normalized spacial score (nSPS) is 11.3. The lowest BCUT2D eigenvalue weighted by Crippen LogP contribution is -1.90. The van der Waals surface area contributed by atoms with E-state index in [0.29, 0.717) is 0 Å². The molecule has 1 aromatic heterocycles. The Labute approximate surface area is 236 Å². The standard InChI is InChI=1S/C39H31N/c1-40-38-26-34(32-16-12-30(13-17-32)24-28-8-4-2-5-9-28)20-22-36(38)37-23-21-35(27-39(37)40)33-18-14-31(15-19-33)25-29-10-6-3-7-11-29/h2-23,26-27H,24-25H2,1H3. The second-order valence-corrected chi connectivity index (χ2v) is 10.7. The number of rotatable bonds is 6. The van der Waals surface area contributed by atoms with Gasteiger partial charge in [0.05, 0.1) is 0 Å². The van der Waals surface area contributed by atoms with Crippen LogP contribution in [0.2, 0.25) is 0 Å². The van der Waals surface area contributed by atoms with Crippen molar-refractivity contribution in [2.75, 3.05) is 0 Å². The largest absolute Gasteiger partial charge is 0.344 e. The number of nitrogens with zero attached hydrogens (tertiary/aromatic N) is 1. The summed E-state index contributed by atoms with van der Waals surface area (Å²) in [6.45, 7) is 0. The minimum atomic E-state index is 0.960. The van der Waals surface area contributed by atoms with Gasteiger partial charge in [0.2, 0.25) is 0 Å². The number of aryl methyl sites for hydroxylation is 1. The number of hydrogen-bond acceptors (Lipinski definition) is 0. The van der Waals surface area contributed by atoms with Crippen LogP contribution in [0.5, 0.6) is 0 Å². The van der Waals surface area contributed by atoms with Gasteiger partial charge in [-0.05, 0) is 69.5 Å². The van der Waals surface area contributed by atoms with Gasteiger partial charge in [-0.1, -0.05) is 133 Å². The summed E-state index contributed by atoms with van der Waals surface area (Å²) in [4.78, 5) is 0. The van der Waals surface area contributed by atoms with E-state index in [2.05, 4.69) is 157 Å². The van der Waals surface area contributed by atoms with Crippen LogP contribution in [-0.2, 0) is 19.9 Å². The second-order valence-electron chi connectivity index (χ2n) is 10.7. The van der Waals surface area contributed by atoms with E-state index >= 15 is 0 Å². The minimum Gasteiger partial charge on any atom is -0.344 e. The number of benzene rings is 6. The maximum Gasteiger partial charge on any atom is 0.0494 e. The van der Waals surface area contributed by atoms with Gasteiger partial charge in [0.15, 0.2) is 0 Å². The molecule has 1 nitrogen and oxygen atoms in total. The third-order valence-electron chi connectivity index (χ3n) is 8.09. The highest BCUT2D eigenvalue weighted by Gasteiger charge is 2.11. The summed E-state index contributed by atoms with van der Waals surface area (Å²) >= 11 is 0. The SMILES string of the molecule is Cn1c2cc(-c3ccc(Cc4ccccc4)cc3)ccc2c2ccc(-c3ccc(Cc4ccccc4)cc3)cc21. The smallest absolute Gasteiger partial charge is 0.0494 e. The number of fused-ring (bicyclic) bond motifs is 3. The molecule has 0 aliphatic carbocycles. The van der Waals surface area contributed by atoms with Crippen molar-refractivity contribution < 1.29 is 0 Å². The first-order valence-corrected chi connectivity index (χ1v) is 14.0. The van der Waals surface area contributed by atoms with Crippen LogP contribution < -0.4 is 0 Å². The van der Waals surface area contributed by atoms with Gasteiger partial charge in [-0.25, -0.2) is 0 Å². The van der Waals surface area contributed by atoms with Crippen molar-refractivity contribution in [3.05, 3.63) is 168 Å². The van der Waals surface area contributed by atoms with Crippen LogP contribution in [0.15, 0.2) is 146 Å². The van der Waals surface area contributed by atoms with Gasteiger partial charge >= 0.3 is 0 Å². The van der Waals surface area contributed by atoms with E-state index in [0.717, 1.165) is 12.8 Å². The quantitative estimate of drug-likeness (QED) is 0.208. The summed E-state index contributed by atoms with van der Waals surface area (Å²) < 4.78 is 2.34. The average molecular weight is 514 g/mol. The van der Waals surface area contributed by atoms with E-state index in [1.807, 2.05) is 0 Å². The maximum absolute atomic E-state index is 2.34. The lowest BCUT2D eigenvalue weighted by atomic mass is 9.98. The molecule has 0 aliphatic heterocycles. The molecule has 0 amide bonds. The number of hydrogen-bond donors (Lipinski definition) is 0. The summed E-state index contributed by atoms with van der Waals surface area (Å²) in [6, 6.07) is 53.1. The van der Waals surface area contributed by atoms with Gasteiger partial charge in [0, 0.05) is 28.9 Å². The molecular weight excluding hydrogens is 482 g/mol. The fourth-order valence-corrected chi connectivity index (χ4v) is 5.86. The molecule has 0 fully saturated rings. The molecule has 0 saturated heterocycles. The molecule has 0 N–H and O–H groups in total. The van der Waals surface area contributed by atoms with Crippen molar-refractivity contribution in [1.82, 2.24) is 4.57 Å². The van der Waals surface area contributed by atoms with Crippen molar-refractivity contribution in [2.24, 2.45) is 7.05 Å². The molecule has 7 aromatic rings. The van der Waals surface area contributed by atoms with E-state index in [1.54, 1.807) is 0 Å². The summed E-state index contributed by atoms with van der Waals surface area (Å²) in [7, 11) is 2.18. The lowest BCUT2D eigenvalue weighted by Gasteiger charge is -2.07. The number of aromatic nitrogens is 1. The molecule has 0 saturated carbocycles. The first-order valence-electron chi connectivity index (χ1n) is 14.0.